The van der Waals surface area contributed by atoms with Gasteiger partial charge in [-0.3, -0.25) is 9.29 Å². The van der Waals surface area contributed by atoms with Gasteiger partial charge in [-0.2, -0.15) is 0 Å². The predicted molar refractivity (Wildman–Crippen MR) is 132 cm³/mol. The summed E-state index contributed by atoms with van der Waals surface area (Å²) >= 11 is 0. The molecule has 0 N–H and O–H groups in total. The van der Waals surface area contributed by atoms with Crippen LogP contribution in [0.3, 0.4) is 0 Å². The highest BCUT2D eigenvalue weighted by molar-refractivity contribution is 5.79. The Balaban J connectivity index is 1.41. The van der Waals surface area contributed by atoms with E-state index in [2.05, 4.69) is 48.2 Å². The van der Waals surface area contributed by atoms with Gasteiger partial charge in [0.15, 0.2) is 5.67 Å². The lowest BCUT2D eigenvalue weighted by molar-refractivity contribution is -0.147. The largest absolute Gasteiger partial charge is 0.494 e. The number of benzene rings is 2. The molecule has 2 aromatic carbocycles. The van der Waals surface area contributed by atoms with Crippen molar-refractivity contribution in [1.82, 2.24) is 4.90 Å². The van der Waals surface area contributed by atoms with Crippen LogP contribution in [-0.2, 0) is 11.2 Å². The zero-order valence-electron chi connectivity index (χ0n) is 20.1. The van der Waals surface area contributed by atoms with Crippen molar-refractivity contribution >= 4 is 5.57 Å². The Morgan fingerprint density at radius 2 is 1.88 bits per heavy atom. The van der Waals surface area contributed by atoms with E-state index >= 15 is 4.39 Å². The molecule has 0 aromatic heterocycles. The minimum absolute atomic E-state index is 0.0208. The molecule has 5 rings (SSSR count). The summed E-state index contributed by atoms with van der Waals surface area (Å²) in [5.41, 5.74) is 5.44. The van der Waals surface area contributed by atoms with Crippen LogP contribution in [0.4, 0.5) is 8.78 Å². The van der Waals surface area contributed by atoms with Crippen molar-refractivity contribution in [2.75, 3.05) is 33.0 Å². The van der Waals surface area contributed by atoms with E-state index in [0.29, 0.717) is 19.6 Å². The van der Waals surface area contributed by atoms with Crippen LogP contribution in [0, 0.1) is 0 Å². The Bertz CT molecular complexity index is 1030. The van der Waals surface area contributed by atoms with Crippen LogP contribution in [0.2, 0.25) is 0 Å². The summed E-state index contributed by atoms with van der Waals surface area (Å²) in [6.07, 6.45) is 5.29. The van der Waals surface area contributed by atoms with E-state index in [1.165, 1.54) is 22.3 Å². The molecule has 0 saturated carbocycles. The van der Waals surface area contributed by atoms with Crippen molar-refractivity contribution in [3.63, 3.8) is 0 Å². The molecule has 0 bridgehead atoms. The molecule has 0 spiro atoms. The molecule has 5 heteroatoms. The zero-order valence-corrected chi connectivity index (χ0v) is 20.1. The standard InChI is InChI=1S/C29H35F2NO2/c1-21-15-26-25-12-5-4-9-22(25)17-27(26)28(32(21)18-29(31)19-33-20-29)23-10-8-11-24(16-23)34-14-7-3-2-6-13-30/h4-5,8-12,16,21,28H,2-3,6-7,13-15,17-20H2,1H3/t21-,28-/m1/s1. The molecule has 2 aliphatic heterocycles. The highest BCUT2D eigenvalue weighted by atomic mass is 19.1. The number of halogens is 2. The van der Waals surface area contributed by atoms with Crippen molar-refractivity contribution in [2.45, 2.75) is 63.2 Å². The van der Waals surface area contributed by atoms with E-state index in [-0.39, 0.29) is 32.0 Å². The smallest absolute Gasteiger partial charge is 0.169 e. The van der Waals surface area contributed by atoms with Crippen LogP contribution in [0.5, 0.6) is 5.75 Å². The summed E-state index contributed by atoms with van der Waals surface area (Å²) in [5, 5.41) is 0. The minimum atomic E-state index is -1.27. The predicted octanol–water partition coefficient (Wildman–Crippen LogP) is 6.48. The molecular weight excluding hydrogens is 432 g/mol. The maximum atomic E-state index is 15.3. The van der Waals surface area contributed by atoms with E-state index in [9.17, 15) is 4.39 Å². The van der Waals surface area contributed by atoms with Gasteiger partial charge in [0.2, 0.25) is 0 Å². The summed E-state index contributed by atoms with van der Waals surface area (Å²) < 4.78 is 38.9. The van der Waals surface area contributed by atoms with Crippen molar-refractivity contribution in [3.05, 3.63) is 70.8 Å². The molecule has 1 saturated heterocycles. The number of rotatable bonds is 10. The molecular formula is C29H35F2NO2. The number of unbranched alkanes of at least 4 members (excludes halogenated alkanes) is 3. The van der Waals surface area contributed by atoms with Gasteiger partial charge in [0, 0.05) is 12.6 Å². The quantitative estimate of drug-likeness (QED) is 0.373. The third-order valence-corrected chi connectivity index (χ3v) is 7.50. The highest BCUT2D eigenvalue weighted by Gasteiger charge is 2.46. The monoisotopic (exact) mass is 467 g/mol. The lowest BCUT2D eigenvalue weighted by atomic mass is 9.84. The fourth-order valence-corrected chi connectivity index (χ4v) is 5.72. The lowest BCUT2D eigenvalue weighted by Crippen LogP contribution is -2.56. The van der Waals surface area contributed by atoms with Crippen molar-refractivity contribution in [1.29, 1.82) is 0 Å². The molecule has 2 aromatic rings. The lowest BCUT2D eigenvalue weighted by Gasteiger charge is -2.47. The van der Waals surface area contributed by atoms with Gasteiger partial charge in [-0.25, -0.2) is 4.39 Å². The number of alkyl halides is 2. The summed E-state index contributed by atoms with van der Waals surface area (Å²) in [4.78, 5) is 2.35. The van der Waals surface area contributed by atoms with E-state index in [0.717, 1.165) is 43.4 Å². The molecule has 182 valence electrons. The van der Waals surface area contributed by atoms with Gasteiger partial charge in [-0.15, -0.1) is 0 Å². The van der Waals surface area contributed by atoms with E-state index in [1.54, 1.807) is 0 Å². The fourth-order valence-electron chi connectivity index (χ4n) is 5.72. The number of nitrogens with zero attached hydrogens (tertiary/aromatic N) is 1. The average molecular weight is 468 g/mol. The number of fused-ring (bicyclic) bond motifs is 2. The first kappa shape index (κ1) is 23.5. The second-order valence-corrected chi connectivity index (χ2v) is 10.1. The minimum Gasteiger partial charge on any atom is -0.494 e. The molecule has 0 amide bonds. The second kappa shape index (κ2) is 10.2. The number of ether oxygens (including phenoxy) is 2. The first-order valence-corrected chi connectivity index (χ1v) is 12.7. The van der Waals surface area contributed by atoms with E-state index < -0.39 is 5.67 Å². The van der Waals surface area contributed by atoms with Crippen LogP contribution in [0.25, 0.3) is 5.57 Å². The van der Waals surface area contributed by atoms with Gasteiger partial charge in [0.1, 0.15) is 5.75 Å². The second-order valence-electron chi connectivity index (χ2n) is 10.1. The molecule has 34 heavy (non-hydrogen) atoms. The average Bonchev–Trinajstić information content (AvgIpc) is 3.19. The Kier molecular flexibility index (Phi) is 7.03. The van der Waals surface area contributed by atoms with Gasteiger partial charge >= 0.3 is 0 Å². The number of hydrogen-bond donors (Lipinski definition) is 0. The Morgan fingerprint density at radius 1 is 1.06 bits per heavy atom. The Hall–Kier alpha value is -2.24. The Morgan fingerprint density at radius 3 is 2.68 bits per heavy atom. The van der Waals surface area contributed by atoms with E-state index in [1.807, 2.05) is 12.1 Å². The maximum Gasteiger partial charge on any atom is 0.169 e. The van der Waals surface area contributed by atoms with Crippen molar-refractivity contribution in [2.24, 2.45) is 0 Å². The van der Waals surface area contributed by atoms with Crippen LogP contribution in [-0.4, -0.2) is 49.7 Å². The fraction of sp³-hybridized carbons (Fsp3) is 0.517. The molecule has 0 unspecified atom stereocenters. The summed E-state index contributed by atoms with van der Waals surface area (Å²) in [7, 11) is 0. The summed E-state index contributed by atoms with van der Waals surface area (Å²) in [6.45, 7) is 3.35. The van der Waals surface area contributed by atoms with Crippen LogP contribution in [0.15, 0.2) is 54.1 Å². The first-order valence-electron chi connectivity index (χ1n) is 12.7. The number of hydrogen-bond acceptors (Lipinski definition) is 3. The van der Waals surface area contributed by atoms with Crippen LogP contribution >= 0.6 is 0 Å². The Labute approximate surface area is 201 Å². The third kappa shape index (κ3) is 4.78. The molecule has 3 aliphatic rings. The van der Waals surface area contributed by atoms with Gasteiger partial charge in [0.05, 0.1) is 32.5 Å². The van der Waals surface area contributed by atoms with Gasteiger partial charge in [-0.05, 0) is 79.0 Å². The summed E-state index contributed by atoms with van der Waals surface area (Å²) in [5.74, 6) is 0.848. The topological polar surface area (TPSA) is 21.7 Å². The molecule has 1 aliphatic carbocycles. The molecule has 1 fully saturated rings. The van der Waals surface area contributed by atoms with Gasteiger partial charge < -0.3 is 9.47 Å². The van der Waals surface area contributed by atoms with Crippen molar-refractivity contribution < 1.29 is 18.3 Å². The van der Waals surface area contributed by atoms with E-state index in [4.69, 9.17) is 9.47 Å². The third-order valence-electron chi connectivity index (χ3n) is 7.50. The first-order chi connectivity index (χ1) is 16.6. The molecule has 2 atom stereocenters. The van der Waals surface area contributed by atoms with Crippen LogP contribution < -0.4 is 4.74 Å². The molecule has 0 radical (unpaired) electrons. The maximum absolute atomic E-state index is 15.3. The molecule has 3 nitrogen and oxygen atoms in total. The van der Waals surface area contributed by atoms with Crippen molar-refractivity contribution in [3.8, 4) is 5.75 Å². The van der Waals surface area contributed by atoms with Crippen LogP contribution in [0.1, 0.15) is 61.8 Å². The van der Waals surface area contributed by atoms with Gasteiger partial charge in [-0.1, -0.05) is 42.8 Å². The summed E-state index contributed by atoms with van der Waals surface area (Å²) in [6, 6.07) is 17.3. The SMILES string of the molecule is C[C@@H]1CC2=C(Cc3ccccc32)[C@@H](c2cccc(OCCCCCCF)c2)N1CC1(F)COC1. The highest BCUT2D eigenvalue weighted by Crippen LogP contribution is 2.49. The zero-order chi connectivity index (χ0) is 23.5. The van der Waals surface area contributed by atoms with Gasteiger partial charge in [0.25, 0.3) is 0 Å². The molecule has 2 heterocycles. The normalized spacial score (nSPS) is 23.4.